The predicted molar refractivity (Wildman–Crippen MR) is 81.0 cm³/mol. The number of carboxylic acid groups (broad SMARTS) is 1. The van der Waals surface area contributed by atoms with Crippen molar-refractivity contribution in [2.45, 2.75) is 57.4 Å². The van der Waals surface area contributed by atoms with Crippen LogP contribution in [0.4, 0.5) is 0 Å². The highest BCUT2D eigenvalue weighted by atomic mass is 16.4. The zero-order chi connectivity index (χ0) is 15.2. The van der Waals surface area contributed by atoms with E-state index < -0.39 is 11.9 Å². The van der Waals surface area contributed by atoms with E-state index in [0.717, 1.165) is 19.4 Å². The maximum absolute atomic E-state index is 12.2. The molecule has 2 atom stereocenters. The number of likely N-dealkylation sites (N-methyl/N-ethyl adjacent to an activating group) is 1. The smallest absolute Gasteiger partial charge is 0.307 e. The van der Waals surface area contributed by atoms with Crippen molar-refractivity contribution in [2.24, 2.45) is 11.8 Å². The molecular formula is C16H28N2O3. The summed E-state index contributed by atoms with van der Waals surface area (Å²) >= 11 is 0. The first kappa shape index (κ1) is 16.3. The number of rotatable bonds is 6. The molecule has 21 heavy (non-hydrogen) atoms. The fourth-order valence-electron chi connectivity index (χ4n) is 3.75. The van der Waals surface area contributed by atoms with Crippen molar-refractivity contribution in [1.82, 2.24) is 10.2 Å². The normalized spacial score (nSPS) is 27.0. The largest absolute Gasteiger partial charge is 0.481 e. The van der Waals surface area contributed by atoms with Gasteiger partial charge in [0.2, 0.25) is 5.91 Å². The predicted octanol–water partition coefficient (Wildman–Crippen LogP) is 1.87. The van der Waals surface area contributed by atoms with Crippen LogP contribution >= 0.6 is 0 Å². The van der Waals surface area contributed by atoms with Crippen molar-refractivity contribution < 1.29 is 14.7 Å². The molecule has 5 nitrogen and oxygen atoms in total. The first-order chi connectivity index (χ1) is 10.1. The van der Waals surface area contributed by atoms with Gasteiger partial charge in [-0.05, 0) is 32.7 Å². The molecule has 0 heterocycles. The van der Waals surface area contributed by atoms with E-state index in [0.29, 0.717) is 25.4 Å². The van der Waals surface area contributed by atoms with E-state index in [1.807, 2.05) is 0 Å². The third-order valence-corrected chi connectivity index (χ3v) is 5.13. The number of hydrogen-bond donors (Lipinski definition) is 2. The molecule has 0 aromatic carbocycles. The molecule has 0 aliphatic heterocycles. The molecule has 0 aromatic rings. The Morgan fingerprint density at radius 3 is 2.24 bits per heavy atom. The van der Waals surface area contributed by atoms with Gasteiger partial charge in [-0.1, -0.05) is 25.7 Å². The lowest BCUT2D eigenvalue weighted by atomic mass is 9.79. The molecule has 5 heteroatoms. The molecule has 0 unspecified atom stereocenters. The molecule has 2 saturated carbocycles. The van der Waals surface area contributed by atoms with Crippen LogP contribution in [0.25, 0.3) is 0 Å². The summed E-state index contributed by atoms with van der Waals surface area (Å²) in [6.07, 6.45) is 8.36. The Morgan fingerprint density at radius 1 is 1.05 bits per heavy atom. The molecule has 2 aliphatic rings. The lowest BCUT2D eigenvalue weighted by Gasteiger charge is -2.28. The van der Waals surface area contributed by atoms with Crippen LogP contribution in [0, 0.1) is 11.8 Å². The van der Waals surface area contributed by atoms with Crippen molar-refractivity contribution >= 4 is 11.9 Å². The second kappa shape index (κ2) is 7.78. The highest BCUT2D eigenvalue weighted by Gasteiger charge is 2.35. The molecule has 2 rings (SSSR count). The van der Waals surface area contributed by atoms with Crippen LogP contribution in [-0.2, 0) is 9.59 Å². The Bertz CT molecular complexity index is 367. The Morgan fingerprint density at radius 2 is 1.62 bits per heavy atom. The number of nitrogens with one attached hydrogen (secondary N) is 1. The van der Waals surface area contributed by atoms with Crippen LogP contribution in [0.15, 0.2) is 0 Å². The van der Waals surface area contributed by atoms with Gasteiger partial charge in [-0.15, -0.1) is 0 Å². The molecule has 2 aliphatic carbocycles. The third-order valence-electron chi connectivity index (χ3n) is 5.13. The fourth-order valence-corrected chi connectivity index (χ4v) is 3.75. The fraction of sp³-hybridized carbons (Fsp3) is 0.875. The molecule has 0 saturated heterocycles. The summed E-state index contributed by atoms with van der Waals surface area (Å²) in [6, 6.07) is 0.656. The van der Waals surface area contributed by atoms with Gasteiger partial charge in [0.1, 0.15) is 0 Å². The molecule has 1 amide bonds. The molecule has 0 radical (unpaired) electrons. The summed E-state index contributed by atoms with van der Waals surface area (Å²) < 4.78 is 0. The van der Waals surface area contributed by atoms with Gasteiger partial charge in [0.15, 0.2) is 0 Å². The molecule has 2 fully saturated rings. The van der Waals surface area contributed by atoms with E-state index in [1.165, 1.54) is 25.7 Å². The van der Waals surface area contributed by atoms with Crippen LogP contribution in [0.1, 0.15) is 51.4 Å². The summed E-state index contributed by atoms with van der Waals surface area (Å²) in [4.78, 5) is 25.8. The summed E-state index contributed by atoms with van der Waals surface area (Å²) in [5.74, 6) is -1.72. The number of carboxylic acids is 1. The van der Waals surface area contributed by atoms with E-state index in [1.54, 1.807) is 0 Å². The SMILES string of the molecule is CN(CCNC(=O)[C@@H]1CCCC[C@@H]1C(=O)O)C1CCCC1. The quantitative estimate of drug-likeness (QED) is 0.785. The number of amides is 1. The standard InChI is InChI=1S/C16H28N2O3/c1-18(12-6-2-3-7-12)11-10-17-15(19)13-8-4-5-9-14(13)16(20)21/h12-14H,2-11H2,1H3,(H,17,19)(H,20,21)/t13-,14+/m1/s1. The average molecular weight is 296 g/mol. The average Bonchev–Trinajstić information content (AvgIpc) is 3.01. The summed E-state index contributed by atoms with van der Waals surface area (Å²) in [5.41, 5.74) is 0. The molecular weight excluding hydrogens is 268 g/mol. The molecule has 0 spiro atoms. The van der Waals surface area contributed by atoms with Crippen molar-refractivity contribution in [3.63, 3.8) is 0 Å². The maximum atomic E-state index is 12.2. The summed E-state index contributed by atoms with van der Waals surface area (Å²) in [6.45, 7) is 1.47. The zero-order valence-corrected chi connectivity index (χ0v) is 13.0. The van der Waals surface area contributed by atoms with Crippen LogP contribution in [0.3, 0.4) is 0 Å². The number of aliphatic carboxylic acids is 1. The lowest BCUT2D eigenvalue weighted by Crippen LogP contribution is -2.43. The highest BCUT2D eigenvalue weighted by molar-refractivity contribution is 5.84. The van der Waals surface area contributed by atoms with Crippen LogP contribution < -0.4 is 5.32 Å². The number of carbonyl (C=O) groups excluding carboxylic acids is 1. The second-order valence-corrected chi connectivity index (χ2v) is 6.55. The van der Waals surface area contributed by atoms with Gasteiger partial charge in [-0.3, -0.25) is 9.59 Å². The molecule has 120 valence electrons. The lowest BCUT2D eigenvalue weighted by molar-refractivity contribution is -0.148. The van der Waals surface area contributed by atoms with Gasteiger partial charge >= 0.3 is 5.97 Å². The number of hydrogen-bond acceptors (Lipinski definition) is 3. The molecule has 0 bridgehead atoms. The maximum Gasteiger partial charge on any atom is 0.307 e. The molecule has 0 aromatic heterocycles. The van der Waals surface area contributed by atoms with Gasteiger partial charge in [0.25, 0.3) is 0 Å². The first-order valence-corrected chi connectivity index (χ1v) is 8.30. The minimum absolute atomic E-state index is 0.0677. The van der Waals surface area contributed by atoms with Crippen molar-refractivity contribution in [1.29, 1.82) is 0 Å². The minimum Gasteiger partial charge on any atom is -0.481 e. The van der Waals surface area contributed by atoms with Crippen LogP contribution in [0.2, 0.25) is 0 Å². The highest BCUT2D eigenvalue weighted by Crippen LogP contribution is 2.30. The van der Waals surface area contributed by atoms with E-state index in [2.05, 4.69) is 17.3 Å². The van der Waals surface area contributed by atoms with Gasteiger partial charge in [0.05, 0.1) is 11.8 Å². The van der Waals surface area contributed by atoms with Gasteiger partial charge in [-0.2, -0.15) is 0 Å². The van der Waals surface area contributed by atoms with Crippen LogP contribution in [0.5, 0.6) is 0 Å². The van der Waals surface area contributed by atoms with Gasteiger partial charge in [-0.25, -0.2) is 0 Å². The van der Waals surface area contributed by atoms with E-state index in [-0.39, 0.29) is 11.8 Å². The Kier molecular flexibility index (Phi) is 6.03. The van der Waals surface area contributed by atoms with E-state index in [4.69, 9.17) is 0 Å². The van der Waals surface area contributed by atoms with Gasteiger partial charge < -0.3 is 15.3 Å². The van der Waals surface area contributed by atoms with E-state index in [9.17, 15) is 14.7 Å². The van der Waals surface area contributed by atoms with Crippen molar-refractivity contribution in [2.75, 3.05) is 20.1 Å². The Balaban J connectivity index is 1.74. The zero-order valence-electron chi connectivity index (χ0n) is 13.0. The topological polar surface area (TPSA) is 69.6 Å². The first-order valence-electron chi connectivity index (χ1n) is 8.30. The Labute approximate surface area is 127 Å². The summed E-state index contributed by atoms with van der Waals surface area (Å²) in [5, 5.41) is 12.2. The van der Waals surface area contributed by atoms with Crippen LogP contribution in [-0.4, -0.2) is 48.1 Å². The van der Waals surface area contributed by atoms with Crippen molar-refractivity contribution in [3.05, 3.63) is 0 Å². The third kappa shape index (κ3) is 4.43. The monoisotopic (exact) mass is 296 g/mol. The van der Waals surface area contributed by atoms with E-state index >= 15 is 0 Å². The molecule has 2 N–H and O–H groups in total. The summed E-state index contributed by atoms with van der Waals surface area (Å²) in [7, 11) is 2.11. The second-order valence-electron chi connectivity index (χ2n) is 6.55. The van der Waals surface area contributed by atoms with Gasteiger partial charge in [0, 0.05) is 19.1 Å². The van der Waals surface area contributed by atoms with Crippen molar-refractivity contribution in [3.8, 4) is 0 Å². The number of carbonyl (C=O) groups is 2. The Hall–Kier alpha value is -1.10. The number of nitrogens with zero attached hydrogens (tertiary/aromatic N) is 1. The minimum atomic E-state index is -0.821.